The lowest BCUT2D eigenvalue weighted by molar-refractivity contribution is -0.132. The fraction of sp³-hybridized carbons (Fsp3) is 0.438. The molecule has 0 spiro atoms. The van der Waals surface area contributed by atoms with Gasteiger partial charge in [-0.25, -0.2) is 4.79 Å². The number of benzene rings is 1. The van der Waals surface area contributed by atoms with Crippen LogP contribution >= 0.6 is 12.2 Å². The molecule has 1 aromatic rings. The van der Waals surface area contributed by atoms with Crippen molar-refractivity contribution < 1.29 is 14.3 Å². The van der Waals surface area contributed by atoms with Gasteiger partial charge in [-0.05, 0) is 43.3 Å². The normalized spacial score (nSPS) is 19.9. The van der Waals surface area contributed by atoms with E-state index in [1.807, 2.05) is 0 Å². The first kappa shape index (κ1) is 18.0. The second-order valence-corrected chi connectivity index (χ2v) is 6.06. The van der Waals surface area contributed by atoms with Crippen molar-refractivity contribution in [1.82, 2.24) is 21.1 Å². The van der Waals surface area contributed by atoms with Gasteiger partial charge in [0.1, 0.15) is 11.3 Å². The first-order valence-corrected chi connectivity index (χ1v) is 8.19. The largest absolute Gasteiger partial charge is 0.497 e. The lowest BCUT2D eigenvalue weighted by Gasteiger charge is -2.23. The molecule has 1 fully saturated rings. The Morgan fingerprint density at radius 3 is 2.83 bits per heavy atom. The van der Waals surface area contributed by atoms with Crippen molar-refractivity contribution in [2.24, 2.45) is 0 Å². The lowest BCUT2D eigenvalue weighted by atomic mass is 9.92. The van der Waals surface area contributed by atoms with Gasteiger partial charge in [-0.1, -0.05) is 25.5 Å². The number of carbonyl (C=O) groups excluding carboxylic acids is 2. The van der Waals surface area contributed by atoms with Crippen molar-refractivity contribution >= 4 is 29.3 Å². The van der Waals surface area contributed by atoms with E-state index < -0.39 is 17.5 Å². The van der Waals surface area contributed by atoms with Gasteiger partial charge in [0.2, 0.25) is 0 Å². The van der Waals surface area contributed by atoms with E-state index in [-0.39, 0.29) is 5.11 Å². The molecule has 0 saturated carbocycles. The van der Waals surface area contributed by atoms with Gasteiger partial charge < -0.3 is 15.4 Å². The maximum absolute atomic E-state index is 12.8. The van der Waals surface area contributed by atoms with Gasteiger partial charge in [0, 0.05) is 6.54 Å². The highest BCUT2D eigenvalue weighted by Gasteiger charge is 2.49. The van der Waals surface area contributed by atoms with E-state index in [2.05, 4.69) is 23.0 Å². The molecule has 0 bridgehead atoms. The van der Waals surface area contributed by atoms with Crippen molar-refractivity contribution in [2.45, 2.75) is 32.2 Å². The van der Waals surface area contributed by atoms with E-state index in [0.29, 0.717) is 17.9 Å². The van der Waals surface area contributed by atoms with E-state index in [0.717, 1.165) is 17.9 Å². The molecule has 1 atom stereocenters. The molecule has 1 aliphatic heterocycles. The maximum Gasteiger partial charge on any atom is 0.344 e. The van der Waals surface area contributed by atoms with Crippen LogP contribution in [0.15, 0.2) is 24.3 Å². The Morgan fingerprint density at radius 1 is 1.42 bits per heavy atom. The van der Waals surface area contributed by atoms with Crippen LogP contribution < -0.4 is 20.8 Å². The van der Waals surface area contributed by atoms with Crippen LogP contribution in [0.4, 0.5) is 4.79 Å². The molecule has 0 unspecified atom stereocenters. The van der Waals surface area contributed by atoms with Crippen LogP contribution in [0.1, 0.15) is 32.3 Å². The summed E-state index contributed by atoms with van der Waals surface area (Å²) in [6.45, 7) is 4.39. The summed E-state index contributed by atoms with van der Waals surface area (Å²) in [5, 5.41) is 6.81. The topological polar surface area (TPSA) is 82.7 Å². The first-order chi connectivity index (χ1) is 11.4. The number of imide groups is 1. The van der Waals surface area contributed by atoms with E-state index in [1.165, 1.54) is 0 Å². The summed E-state index contributed by atoms with van der Waals surface area (Å²) in [6.07, 6.45) is 1.97. The molecule has 3 N–H and O–H groups in total. The maximum atomic E-state index is 12.8. The number of methoxy groups -OCH3 is 1. The zero-order chi connectivity index (χ0) is 17.7. The summed E-state index contributed by atoms with van der Waals surface area (Å²) in [7, 11) is 1.55. The monoisotopic (exact) mass is 350 g/mol. The van der Waals surface area contributed by atoms with Crippen molar-refractivity contribution in [3.05, 3.63) is 29.8 Å². The number of nitrogens with one attached hydrogen (secondary N) is 3. The van der Waals surface area contributed by atoms with Crippen molar-refractivity contribution in [1.29, 1.82) is 0 Å². The van der Waals surface area contributed by atoms with Gasteiger partial charge >= 0.3 is 6.03 Å². The van der Waals surface area contributed by atoms with Crippen LogP contribution in [0.5, 0.6) is 5.75 Å². The van der Waals surface area contributed by atoms with Crippen molar-refractivity contribution in [3.63, 3.8) is 0 Å². The third-order valence-corrected chi connectivity index (χ3v) is 4.10. The Morgan fingerprint density at radius 2 is 2.17 bits per heavy atom. The number of urea groups is 1. The van der Waals surface area contributed by atoms with Gasteiger partial charge in [0.15, 0.2) is 5.11 Å². The van der Waals surface area contributed by atoms with Gasteiger partial charge in [0.25, 0.3) is 5.91 Å². The molecule has 3 amide bonds. The standard InChI is InChI=1S/C16H22N4O3S/c1-4-5-9-17-14(24)19-20-13(21)16(2,18-15(20)22)11-7-6-8-12(10-11)23-3/h6-8,10H,4-5,9H2,1-3H3,(H,18,22)(H2,17,19,24)/t16-/m0/s1. The van der Waals surface area contributed by atoms with Crippen LogP contribution in [0.3, 0.4) is 0 Å². The molecular formula is C16H22N4O3S. The number of unbranched alkanes of at least 4 members (excludes halogenated alkanes) is 1. The summed E-state index contributed by atoms with van der Waals surface area (Å²) in [5.74, 6) is 0.180. The van der Waals surface area contributed by atoms with E-state index in [9.17, 15) is 9.59 Å². The van der Waals surface area contributed by atoms with Crippen LogP contribution in [0.25, 0.3) is 0 Å². The number of carbonyl (C=O) groups is 2. The fourth-order valence-corrected chi connectivity index (χ4v) is 2.58. The van der Waals surface area contributed by atoms with Gasteiger partial charge in [0.05, 0.1) is 7.11 Å². The predicted octanol–water partition coefficient (Wildman–Crippen LogP) is 1.64. The Labute approximate surface area is 146 Å². The Balaban J connectivity index is 2.13. The average Bonchev–Trinajstić information content (AvgIpc) is 2.79. The number of hydrogen-bond acceptors (Lipinski definition) is 4. The smallest absolute Gasteiger partial charge is 0.344 e. The lowest BCUT2D eigenvalue weighted by Crippen LogP contribution is -2.51. The molecule has 1 aliphatic rings. The molecule has 1 saturated heterocycles. The molecule has 0 aliphatic carbocycles. The fourth-order valence-electron chi connectivity index (χ4n) is 2.39. The van der Waals surface area contributed by atoms with Gasteiger partial charge in [-0.3, -0.25) is 10.2 Å². The minimum Gasteiger partial charge on any atom is -0.497 e. The van der Waals surface area contributed by atoms with E-state index >= 15 is 0 Å². The van der Waals surface area contributed by atoms with Crippen LogP contribution in [-0.4, -0.2) is 35.7 Å². The number of hydrazine groups is 1. The Kier molecular flexibility index (Phi) is 5.61. The summed E-state index contributed by atoms with van der Waals surface area (Å²) in [6, 6.07) is 6.48. The van der Waals surface area contributed by atoms with Crippen LogP contribution in [0, 0.1) is 0 Å². The molecular weight excluding hydrogens is 328 g/mol. The van der Waals surface area contributed by atoms with E-state index in [1.54, 1.807) is 38.3 Å². The SMILES string of the molecule is CCCCNC(=S)NN1C(=O)N[C@@](C)(c2cccc(OC)c2)C1=O. The highest BCUT2D eigenvalue weighted by molar-refractivity contribution is 7.80. The molecule has 1 heterocycles. The minimum atomic E-state index is -1.18. The molecule has 2 rings (SSSR count). The number of nitrogens with zero attached hydrogens (tertiary/aromatic N) is 1. The number of rotatable bonds is 6. The van der Waals surface area contributed by atoms with Crippen molar-refractivity contribution in [3.8, 4) is 5.75 Å². The number of hydrogen-bond donors (Lipinski definition) is 3. The number of ether oxygens (including phenoxy) is 1. The van der Waals surface area contributed by atoms with E-state index in [4.69, 9.17) is 17.0 Å². The summed E-state index contributed by atoms with van der Waals surface area (Å²) in [4.78, 5) is 25.0. The molecule has 7 nitrogen and oxygen atoms in total. The van der Waals surface area contributed by atoms with Crippen LogP contribution in [0.2, 0.25) is 0 Å². The number of amides is 3. The summed E-state index contributed by atoms with van der Waals surface area (Å²) >= 11 is 5.13. The molecule has 0 aromatic heterocycles. The second-order valence-electron chi connectivity index (χ2n) is 5.65. The number of thiocarbonyl (C=S) groups is 1. The first-order valence-electron chi connectivity index (χ1n) is 7.78. The van der Waals surface area contributed by atoms with Crippen molar-refractivity contribution in [2.75, 3.05) is 13.7 Å². The predicted molar refractivity (Wildman–Crippen MR) is 94.4 cm³/mol. The quantitative estimate of drug-likeness (QED) is 0.411. The molecule has 1 aromatic carbocycles. The van der Waals surface area contributed by atoms with Gasteiger partial charge in [-0.15, -0.1) is 0 Å². The zero-order valence-corrected chi connectivity index (χ0v) is 14.8. The third kappa shape index (κ3) is 3.59. The average molecular weight is 350 g/mol. The third-order valence-electron chi connectivity index (χ3n) is 3.87. The highest BCUT2D eigenvalue weighted by atomic mass is 32.1. The minimum absolute atomic E-state index is 0.238. The Bertz CT molecular complexity index is 652. The second kappa shape index (κ2) is 7.48. The Hall–Kier alpha value is -2.35. The summed E-state index contributed by atoms with van der Waals surface area (Å²) < 4.78 is 5.18. The summed E-state index contributed by atoms with van der Waals surface area (Å²) in [5.41, 5.74) is 2.10. The molecule has 24 heavy (non-hydrogen) atoms. The molecule has 0 radical (unpaired) electrons. The zero-order valence-electron chi connectivity index (χ0n) is 14.0. The molecule has 130 valence electrons. The van der Waals surface area contributed by atoms with Gasteiger partial charge in [-0.2, -0.15) is 5.01 Å². The van der Waals surface area contributed by atoms with Crippen LogP contribution in [-0.2, 0) is 10.3 Å². The molecule has 8 heteroatoms. The highest BCUT2D eigenvalue weighted by Crippen LogP contribution is 2.30.